The number of aryl methyl sites for hydroxylation is 2. The van der Waals surface area contributed by atoms with Crippen molar-refractivity contribution in [1.29, 1.82) is 0 Å². The van der Waals surface area contributed by atoms with Crippen LogP contribution < -0.4 is 5.32 Å². The Morgan fingerprint density at radius 1 is 1.64 bits per heavy atom. The summed E-state index contributed by atoms with van der Waals surface area (Å²) in [6, 6.07) is 2.08. The molecule has 2 rings (SSSR count). The van der Waals surface area contributed by atoms with Crippen molar-refractivity contribution >= 4 is 0 Å². The lowest BCUT2D eigenvalue weighted by Gasteiger charge is -2.28. The third-order valence-corrected chi connectivity index (χ3v) is 2.78. The van der Waals surface area contributed by atoms with Gasteiger partial charge < -0.3 is 10.4 Å². The van der Waals surface area contributed by atoms with Crippen molar-refractivity contribution in [3.63, 3.8) is 0 Å². The van der Waals surface area contributed by atoms with Crippen LogP contribution in [0.2, 0.25) is 0 Å². The molecule has 2 atom stereocenters. The summed E-state index contributed by atoms with van der Waals surface area (Å²) in [5, 5.41) is 17.5. The highest BCUT2D eigenvalue weighted by molar-refractivity contribution is 5.15. The van der Waals surface area contributed by atoms with Gasteiger partial charge in [0.1, 0.15) is 0 Å². The fraction of sp³-hybridized carbons (Fsp3) is 0.700. The minimum atomic E-state index is -0.279. The van der Waals surface area contributed by atoms with Crippen molar-refractivity contribution in [2.75, 3.05) is 6.54 Å². The maximum Gasteiger partial charge on any atom is 0.0755 e. The maximum absolute atomic E-state index is 9.85. The van der Waals surface area contributed by atoms with Crippen LogP contribution in [0.5, 0.6) is 0 Å². The highest BCUT2D eigenvalue weighted by Gasteiger charge is 2.26. The first kappa shape index (κ1) is 9.68. The van der Waals surface area contributed by atoms with Gasteiger partial charge in [-0.3, -0.25) is 4.68 Å². The minimum absolute atomic E-state index is 0.0509. The molecular weight excluding hydrogens is 178 g/mol. The average Bonchev–Trinajstić information content (AvgIpc) is 2.46. The molecule has 14 heavy (non-hydrogen) atoms. The van der Waals surface area contributed by atoms with Crippen LogP contribution >= 0.6 is 0 Å². The van der Waals surface area contributed by atoms with Crippen LogP contribution in [0.15, 0.2) is 6.07 Å². The van der Waals surface area contributed by atoms with Crippen LogP contribution in [0.4, 0.5) is 0 Å². The fourth-order valence-electron chi connectivity index (χ4n) is 2.09. The van der Waals surface area contributed by atoms with E-state index in [1.165, 1.54) is 0 Å². The van der Waals surface area contributed by atoms with Crippen LogP contribution in [-0.4, -0.2) is 27.5 Å². The lowest BCUT2D eigenvalue weighted by atomic mass is 9.98. The van der Waals surface area contributed by atoms with Gasteiger partial charge in [-0.15, -0.1) is 0 Å². The lowest BCUT2D eigenvalue weighted by Crippen LogP contribution is -2.38. The standard InChI is InChI=1S/C10H17N3O/c1-7-6-8(13(2)12-7)10-9(14)4-3-5-11-10/h6,9-11,14H,3-5H2,1-2H3. The van der Waals surface area contributed by atoms with Crippen molar-refractivity contribution in [3.05, 3.63) is 17.5 Å². The van der Waals surface area contributed by atoms with E-state index in [1.54, 1.807) is 0 Å². The molecule has 0 amide bonds. The minimum Gasteiger partial charge on any atom is -0.391 e. The molecular formula is C10H17N3O. The molecule has 1 saturated heterocycles. The molecule has 1 aromatic heterocycles. The molecule has 4 heteroatoms. The van der Waals surface area contributed by atoms with E-state index in [-0.39, 0.29) is 12.1 Å². The van der Waals surface area contributed by atoms with E-state index in [1.807, 2.05) is 24.7 Å². The SMILES string of the molecule is Cc1cc(C2NCCCC2O)n(C)n1. The predicted octanol–water partition coefficient (Wildman–Crippen LogP) is 0.514. The van der Waals surface area contributed by atoms with E-state index in [4.69, 9.17) is 0 Å². The van der Waals surface area contributed by atoms with Crippen LogP contribution in [0, 0.1) is 6.92 Å². The monoisotopic (exact) mass is 195 g/mol. The molecule has 0 bridgehead atoms. The van der Waals surface area contributed by atoms with Gasteiger partial charge in [0.05, 0.1) is 23.5 Å². The van der Waals surface area contributed by atoms with Crippen molar-refractivity contribution in [2.24, 2.45) is 7.05 Å². The molecule has 0 radical (unpaired) electrons. The maximum atomic E-state index is 9.85. The van der Waals surface area contributed by atoms with E-state index in [0.29, 0.717) is 0 Å². The Morgan fingerprint density at radius 2 is 2.43 bits per heavy atom. The summed E-state index contributed by atoms with van der Waals surface area (Å²) in [6.45, 7) is 2.95. The Hall–Kier alpha value is -0.870. The third-order valence-electron chi connectivity index (χ3n) is 2.78. The summed E-state index contributed by atoms with van der Waals surface area (Å²) in [7, 11) is 1.92. The number of aliphatic hydroxyl groups excluding tert-OH is 1. The van der Waals surface area contributed by atoms with E-state index < -0.39 is 0 Å². The highest BCUT2D eigenvalue weighted by Crippen LogP contribution is 2.23. The van der Waals surface area contributed by atoms with Gasteiger partial charge >= 0.3 is 0 Å². The van der Waals surface area contributed by atoms with Gasteiger partial charge in [-0.05, 0) is 32.4 Å². The van der Waals surface area contributed by atoms with Gasteiger partial charge in [-0.1, -0.05) is 0 Å². The number of aliphatic hydroxyl groups is 1. The Kier molecular flexibility index (Phi) is 2.56. The number of nitrogens with one attached hydrogen (secondary N) is 1. The molecule has 78 valence electrons. The summed E-state index contributed by atoms with van der Waals surface area (Å²) in [6.07, 6.45) is 1.65. The largest absolute Gasteiger partial charge is 0.391 e. The van der Waals surface area contributed by atoms with Gasteiger partial charge in [-0.25, -0.2) is 0 Å². The number of rotatable bonds is 1. The second-order valence-corrected chi connectivity index (χ2v) is 3.98. The molecule has 0 aromatic carbocycles. The average molecular weight is 195 g/mol. The number of hydrogen-bond donors (Lipinski definition) is 2. The van der Waals surface area contributed by atoms with Crippen molar-refractivity contribution in [3.8, 4) is 0 Å². The number of nitrogens with zero attached hydrogens (tertiary/aromatic N) is 2. The molecule has 0 saturated carbocycles. The topological polar surface area (TPSA) is 50.1 Å². The first-order chi connectivity index (χ1) is 6.68. The smallest absolute Gasteiger partial charge is 0.0755 e. The number of aromatic nitrogens is 2. The molecule has 0 aliphatic carbocycles. The number of piperidine rings is 1. The van der Waals surface area contributed by atoms with Crippen molar-refractivity contribution < 1.29 is 5.11 Å². The van der Waals surface area contributed by atoms with Gasteiger partial charge in [-0.2, -0.15) is 5.10 Å². The highest BCUT2D eigenvalue weighted by atomic mass is 16.3. The molecule has 2 unspecified atom stereocenters. The second-order valence-electron chi connectivity index (χ2n) is 3.98. The van der Waals surface area contributed by atoms with Gasteiger partial charge in [0, 0.05) is 7.05 Å². The van der Waals surface area contributed by atoms with E-state index >= 15 is 0 Å². The van der Waals surface area contributed by atoms with Gasteiger partial charge in [0.2, 0.25) is 0 Å². The molecule has 2 heterocycles. The van der Waals surface area contributed by atoms with E-state index in [9.17, 15) is 5.11 Å². The summed E-state index contributed by atoms with van der Waals surface area (Å²) < 4.78 is 1.85. The van der Waals surface area contributed by atoms with E-state index in [2.05, 4.69) is 10.4 Å². The van der Waals surface area contributed by atoms with Crippen LogP contribution in [-0.2, 0) is 7.05 Å². The molecule has 4 nitrogen and oxygen atoms in total. The second kappa shape index (κ2) is 3.71. The zero-order chi connectivity index (χ0) is 10.1. The summed E-state index contributed by atoms with van der Waals surface area (Å²) >= 11 is 0. The zero-order valence-corrected chi connectivity index (χ0v) is 8.70. The Labute approximate surface area is 83.9 Å². The Morgan fingerprint density at radius 3 is 3.00 bits per heavy atom. The summed E-state index contributed by atoms with van der Waals surface area (Å²) in [4.78, 5) is 0. The first-order valence-corrected chi connectivity index (χ1v) is 5.10. The van der Waals surface area contributed by atoms with Crippen LogP contribution in [0.25, 0.3) is 0 Å². The zero-order valence-electron chi connectivity index (χ0n) is 8.70. The van der Waals surface area contributed by atoms with Crippen molar-refractivity contribution in [2.45, 2.75) is 31.9 Å². The third kappa shape index (κ3) is 1.67. The fourth-order valence-corrected chi connectivity index (χ4v) is 2.09. The van der Waals surface area contributed by atoms with Crippen molar-refractivity contribution in [1.82, 2.24) is 15.1 Å². The molecule has 1 aromatic rings. The van der Waals surface area contributed by atoms with Gasteiger partial charge in [0.25, 0.3) is 0 Å². The van der Waals surface area contributed by atoms with E-state index in [0.717, 1.165) is 30.8 Å². The summed E-state index contributed by atoms with van der Waals surface area (Å²) in [5.41, 5.74) is 2.08. The van der Waals surface area contributed by atoms with Gasteiger partial charge in [0.15, 0.2) is 0 Å². The molecule has 0 spiro atoms. The van der Waals surface area contributed by atoms with Crippen LogP contribution in [0.3, 0.4) is 0 Å². The molecule has 1 aliphatic rings. The quantitative estimate of drug-likeness (QED) is 0.686. The lowest BCUT2D eigenvalue weighted by molar-refractivity contribution is 0.0929. The molecule has 1 aliphatic heterocycles. The van der Waals surface area contributed by atoms with Crippen LogP contribution in [0.1, 0.15) is 30.3 Å². The normalized spacial score (nSPS) is 27.9. The number of hydrogen-bond acceptors (Lipinski definition) is 3. The molecule has 1 fully saturated rings. The predicted molar refractivity (Wildman–Crippen MR) is 53.9 cm³/mol. The Balaban J connectivity index is 2.24. The Bertz CT molecular complexity index is 321. The summed E-state index contributed by atoms with van der Waals surface area (Å²) in [5.74, 6) is 0. The molecule has 2 N–H and O–H groups in total. The first-order valence-electron chi connectivity index (χ1n) is 5.10.